The van der Waals surface area contributed by atoms with E-state index in [4.69, 9.17) is 0 Å². The van der Waals surface area contributed by atoms with Gasteiger partial charge in [0.05, 0.1) is 0 Å². The Hall–Kier alpha value is -0.0400. The molecule has 0 amide bonds. The third kappa shape index (κ3) is 5.45. The van der Waals surface area contributed by atoms with Crippen LogP contribution in [-0.2, 0) is 0 Å². The van der Waals surface area contributed by atoms with Crippen molar-refractivity contribution < 1.29 is 0 Å². The molecule has 0 aliphatic heterocycles. The standard InChI is InChI=1S/C18H37N/c1-5-7-8-11-17(19-14-6-2)18(15-16(3)4)12-9-10-13-18/h16-17,19H,5-15H2,1-4H3. The summed E-state index contributed by atoms with van der Waals surface area (Å²) in [5.41, 5.74) is 0.622. The molecule has 1 atom stereocenters. The van der Waals surface area contributed by atoms with Gasteiger partial charge in [0.1, 0.15) is 0 Å². The molecule has 0 aromatic carbocycles. The second-order valence-corrected chi connectivity index (χ2v) is 7.17. The second-order valence-electron chi connectivity index (χ2n) is 7.17. The van der Waals surface area contributed by atoms with Gasteiger partial charge in [-0.25, -0.2) is 0 Å². The number of nitrogens with one attached hydrogen (secondary N) is 1. The van der Waals surface area contributed by atoms with Crippen LogP contribution in [0.25, 0.3) is 0 Å². The Kier molecular flexibility index (Phi) is 8.06. The molecule has 1 N–H and O–H groups in total. The second kappa shape index (κ2) is 9.00. The topological polar surface area (TPSA) is 12.0 Å². The Morgan fingerprint density at radius 2 is 1.68 bits per heavy atom. The molecule has 1 saturated carbocycles. The lowest BCUT2D eigenvalue weighted by molar-refractivity contribution is 0.145. The highest BCUT2D eigenvalue weighted by Gasteiger charge is 2.40. The first-order valence-electron chi connectivity index (χ1n) is 8.88. The fourth-order valence-corrected chi connectivity index (χ4v) is 4.13. The molecule has 19 heavy (non-hydrogen) atoms. The van der Waals surface area contributed by atoms with Crippen LogP contribution >= 0.6 is 0 Å². The van der Waals surface area contributed by atoms with Gasteiger partial charge >= 0.3 is 0 Å². The van der Waals surface area contributed by atoms with Crippen molar-refractivity contribution in [2.75, 3.05) is 6.54 Å². The molecular formula is C18H37N. The largest absolute Gasteiger partial charge is 0.313 e. The zero-order chi connectivity index (χ0) is 14.1. The Labute approximate surface area is 121 Å². The van der Waals surface area contributed by atoms with E-state index in [9.17, 15) is 0 Å². The van der Waals surface area contributed by atoms with Crippen LogP contribution in [0.1, 0.15) is 91.9 Å². The van der Waals surface area contributed by atoms with Crippen LogP contribution in [-0.4, -0.2) is 12.6 Å². The number of unbranched alkanes of at least 4 members (excludes halogenated alkanes) is 2. The molecule has 0 spiro atoms. The smallest absolute Gasteiger partial charge is 0.0124 e. The third-order valence-electron chi connectivity index (χ3n) is 4.89. The van der Waals surface area contributed by atoms with Gasteiger partial charge in [-0.3, -0.25) is 0 Å². The maximum atomic E-state index is 3.92. The van der Waals surface area contributed by atoms with Gasteiger partial charge in [0.25, 0.3) is 0 Å². The van der Waals surface area contributed by atoms with Crippen LogP contribution in [0, 0.1) is 11.3 Å². The maximum absolute atomic E-state index is 3.92. The minimum Gasteiger partial charge on any atom is -0.313 e. The monoisotopic (exact) mass is 267 g/mol. The van der Waals surface area contributed by atoms with Gasteiger partial charge in [0.15, 0.2) is 0 Å². The normalized spacial score (nSPS) is 20.1. The Balaban J connectivity index is 2.65. The van der Waals surface area contributed by atoms with E-state index in [-0.39, 0.29) is 0 Å². The first kappa shape index (κ1) is 17.0. The van der Waals surface area contributed by atoms with Crippen molar-refractivity contribution in [3.63, 3.8) is 0 Å². The molecule has 114 valence electrons. The van der Waals surface area contributed by atoms with Crippen molar-refractivity contribution in [2.24, 2.45) is 11.3 Å². The van der Waals surface area contributed by atoms with Gasteiger partial charge in [0.2, 0.25) is 0 Å². The molecule has 1 aliphatic rings. The van der Waals surface area contributed by atoms with E-state index in [1.54, 1.807) is 0 Å². The predicted molar refractivity (Wildman–Crippen MR) is 86.6 cm³/mol. The van der Waals surface area contributed by atoms with Gasteiger partial charge < -0.3 is 5.32 Å². The van der Waals surface area contributed by atoms with Gasteiger partial charge in [-0.05, 0) is 50.0 Å². The molecule has 0 radical (unpaired) electrons. The van der Waals surface area contributed by atoms with E-state index in [0.29, 0.717) is 5.41 Å². The first-order chi connectivity index (χ1) is 9.14. The molecule has 0 heterocycles. The lowest BCUT2D eigenvalue weighted by Crippen LogP contribution is -2.45. The average Bonchev–Trinajstić information content (AvgIpc) is 2.82. The van der Waals surface area contributed by atoms with Gasteiger partial charge in [-0.2, -0.15) is 0 Å². The summed E-state index contributed by atoms with van der Waals surface area (Å²) in [5, 5.41) is 3.92. The fourth-order valence-electron chi connectivity index (χ4n) is 4.13. The van der Waals surface area contributed by atoms with Gasteiger partial charge in [0, 0.05) is 6.04 Å². The van der Waals surface area contributed by atoms with E-state index in [0.717, 1.165) is 12.0 Å². The quantitative estimate of drug-likeness (QED) is 0.512. The van der Waals surface area contributed by atoms with Crippen LogP contribution in [0.5, 0.6) is 0 Å². The van der Waals surface area contributed by atoms with Crippen molar-refractivity contribution in [3.05, 3.63) is 0 Å². The lowest BCUT2D eigenvalue weighted by Gasteiger charge is -2.40. The molecule has 0 bridgehead atoms. The third-order valence-corrected chi connectivity index (χ3v) is 4.89. The SMILES string of the molecule is CCCCCC(NCCC)C1(CC(C)C)CCCC1. The molecule has 0 aromatic heterocycles. The van der Waals surface area contributed by atoms with Crippen LogP contribution in [0.3, 0.4) is 0 Å². The average molecular weight is 268 g/mol. The van der Waals surface area contributed by atoms with Crippen LogP contribution in [0.4, 0.5) is 0 Å². The first-order valence-corrected chi connectivity index (χ1v) is 8.88. The van der Waals surface area contributed by atoms with Crippen LogP contribution in [0.2, 0.25) is 0 Å². The molecule has 0 saturated heterocycles. The molecule has 1 nitrogen and oxygen atoms in total. The van der Waals surface area contributed by atoms with E-state index in [1.807, 2.05) is 0 Å². The van der Waals surface area contributed by atoms with Crippen LogP contribution in [0.15, 0.2) is 0 Å². The molecule has 1 unspecified atom stereocenters. The summed E-state index contributed by atoms with van der Waals surface area (Å²) in [7, 11) is 0. The van der Waals surface area contributed by atoms with E-state index in [1.165, 1.54) is 70.8 Å². The summed E-state index contributed by atoms with van der Waals surface area (Å²) in [5.74, 6) is 0.843. The Morgan fingerprint density at radius 3 is 2.21 bits per heavy atom. The maximum Gasteiger partial charge on any atom is 0.0124 e. The molecular weight excluding hydrogens is 230 g/mol. The summed E-state index contributed by atoms with van der Waals surface area (Å²) in [6.45, 7) is 10.6. The molecule has 1 rings (SSSR count). The zero-order valence-electron chi connectivity index (χ0n) is 13.9. The highest BCUT2D eigenvalue weighted by Crippen LogP contribution is 2.47. The minimum atomic E-state index is 0.622. The van der Waals surface area contributed by atoms with E-state index in [2.05, 4.69) is 33.0 Å². The van der Waals surface area contributed by atoms with E-state index < -0.39 is 0 Å². The summed E-state index contributed by atoms with van der Waals surface area (Å²) in [6, 6.07) is 0.781. The molecule has 1 heteroatoms. The Bertz CT molecular complexity index is 216. The summed E-state index contributed by atoms with van der Waals surface area (Å²) in [6.07, 6.45) is 14.1. The number of rotatable bonds is 10. The lowest BCUT2D eigenvalue weighted by atomic mass is 9.71. The number of hydrogen-bond donors (Lipinski definition) is 1. The van der Waals surface area contributed by atoms with Gasteiger partial charge in [-0.15, -0.1) is 0 Å². The summed E-state index contributed by atoms with van der Waals surface area (Å²) < 4.78 is 0. The van der Waals surface area contributed by atoms with Gasteiger partial charge in [-0.1, -0.05) is 59.8 Å². The van der Waals surface area contributed by atoms with E-state index >= 15 is 0 Å². The van der Waals surface area contributed by atoms with Crippen LogP contribution < -0.4 is 5.32 Å². The van der Waals surface area contributed by atoms with Crippen molar-refractivity contribution in [3.8, 4) is 0 Å². The molecule has 1 fully saturated rings. The zero-order valence-corrected chi connectivity index (χ0v) is 13.9. The van der Waals surface area contributed by atoms with Crippen molar-refractivity contribution in [2.45, 2.75) is 97.9 Å². The predicted octanol–water partition coefficient (Wildman–Crippen LogP) is 5.54. The van der Waals surface area contributed by atoms with Crippen molar-refractivity contribution >= 4 is 0 Å². The summed E-state index contributed by atoms with van der Waals surface area (Å²) in [4.78, 5) is 0. The molecule has 1 aliphatic carbocycles. The highest BCUT2D eigenvalue weighted by molar-refractivity contribution is 4.95. The highest BCUT2D eigenvalue weighted by atomic mass is 14.9. The summed E-state index contributed by atoms with van der Waals surface area (Å²) >= 11 is 0. The Morgan fingerprint density at radius 1 is 1.00 bits per heavy atom. The molecule has 0 aromatic rings. The minimum absolute atomic E-state index is 0.622. The fraction of sp³-hybridized carbons (Fsp3) is 1.00. The van der Waals surface area contributed by atoms with Crippen molar-refractivity contribution in [1.29, 1.82) is 0 Å². The van der Waals surface area contributed by atoms with Crippen molar-refractivity contribution in [1.82, 2.24) is 5.32 Å². The number of hydrogen-bond acceptors (Lipinski definition) is 1.